The molecule has 2 nitrogen and oxygen atoms in total. The van der Waals surface area contributed by atoms with Crippen LogP contribution < -0.4 is 10.6 Å². The van der Waals surface area contributed by atoms with Gasteiger partial charge in [-0.1, -0.05) is 24.6 Å². The van der Waals surface area contributed by atoms with Crippen molar-refractivity contribution >= 4 is 17.3 Å². The number of nitrogens with two attached hydrogens (primary N) is 1. The van der Waals surface area contributed by atoms with Crippen LogP contribution in [-0.4, -0.2) is 12.6 Å². The number of hydrogen-bond acceptors (Lipinski definition) is 2. The molecule has 0 spiro atoms. The van der Waals surface area contributed by atoms with Gasteiger partial charge in [-0.25, -0.2) is 0 Å². The van der Waals surface area contributed by atoms with Gasteiger partial charge in [-0.05, 0) is 38.0 Å². The molecule has 0 saturated carbocycles. The van der Waals surface area contributed by atoms with Crippen molar-refractivity contribution in [3.8, 4) is 0 Å². The summed E-state index contributed by atoms with van der Waals surface area (Å²) in [5, 5.41) is 0.756. The van der Waals surface area contributed by atoms with Crippen LogP contribution in [0.25, 0.3) is 0 Å². The Kier molecular flexibility index (Phi) is 4.22. The lowest BCUT2D eigenvalue weighted by Crippen LogP contribution is -2.41. The normalized spacial score (nSPS) is 11.6. The van der Waals surface area contributed by atoms with Crippen LogP contribution in [0, 0.1) is 0 Å². The van der Waals surface area contributed by atoms with E-state index in [2.05, 4.69) is 32.7 Å². The molecule has 0 unspecified atom stereocenters. The van der Waals surface area contributed by atoms with Crippen LogP contribution >= 0.6 is 11.6 Å². The Hall–Kier alpha value is -0.730. The van der Waals surface area contributed by atoms with Crippen molar-refractivity contribution in [1.29, 1.82) is 0 Å². The van der Waals surface area contributed by atoms with Crippen LogP contribution in [0.2, 0.25) is 5.02 Å². The summed E-state index contributed by atoms with van der Waals surface area (Å²) < 4.78 is 0. The smallest absolute Gasteiger partial charge is 0.0428 e. The van der Waals surface area contributed by atoms with Crippen molar-refractivity contribution < 1.29 is 0 Å². The van der Waals surface area contributed by atoms with E-state index in [1.54, 1.807) is 0 Å². The molecule has 16 heavy (non-hydrogen) atoms. The lowest BCUT2D eigenvalue weighted by atomic mass is 9.98. The third-order valence-electron chi connectivity index (χ3n) is 3.40. The standard InChI is InChI=1S/C13H21ClN2/c1-5-13(2,3)16(4)12-8-11(14)7-6-10(12)9-15/h6-8H,5,9,15H2,1-4H3. The maximum absolute atomic E-state index is 6.04. The summed E-state index contributed by atoms with van der Waals surface area (Å²) in [6.07, 6.45) is 1.07. The molecule has 0 saturated heterocycles. The molecule has 0 bridgehead atoms. The van der Waals surface area contributed by atoms with Gasteiger partial charge in [0.2, 0.25) is 0 Å². The van der Waals surface area contributed by atoms with E-state index in [1.165, 1.54) is 0 Å². The van der Waals surface area contributed by atoms with E-state index in [9.17, 15) is 0 Å². The number of halogens is 1. The van der Waals surface area contributed by atoms with Gasteiger partial charge < -0.3 is 10.6 Å². The predicted molar refractivity (Wildman–Crippen MR) is 72.1 cm³/mol. The maximum Gasteiger partial charge on any atom is 0.0428 e. The SMILES string of the molecule is CCC(C)(C)N(C)c1cc(Cl)ccc1CN. The zero-order chi connectivity index (χ0) is 12.3. The zero-order valence-corrected chi connectivity index (χ0v) is 11.3. The van der Waals surface area contributed by atoms with E-state index in [1.807, 2.05) is 18.2 Å². The average molecular weight is 241 g/mol. The molecule has 0 aromatic heterocycles. The molecular weight excluding hydrogens is 220 g/mol. The lowest BCUT2D eigenvalue weighted by molar-refractivity contribution is 0.470. The molecule has 1 aromatic carbocycles. The van der Waals surface area contributed by atoms with Crippen molar-refractivity contribution in [2.24, 2.45) is 5.73 Å². The van der Waals surface area contributed by atoms with Gasteiger partial charge in [-0.3, -0.25) is 0 Å². The molecule has 3 heteroatoms. The molecule has 0 atom stereocenters. The van der Waals surface area contributed by atoms with Crippen LogP contribution in [0.5, 0.6) is 0 Å². The third kappa shape index (κ3) is 2.69. The summed E-state index contributed by atoms with van der Waals surface area (Å²) in [5.74, 6) is 0. The maximum atomic E-state index is 6.04. The molecule has 0 amide bonds. The number of nitrogens with zero attached hydrogens (tertiary/aromatic N) is 1. The van der Waals surface area contributed by atoms with Crippen molar-refractivity contribution in [2.45, 2.75) is 39.3 Å². The Bertz CT molecular complexity index is 361. The minimum atomic E-state index is 0.106. The van der Waals surface area contributed by atoms with Gasteiger partial charge >= 0.3 is 0 Å². The van der Waals surface area contributed by atoms with Crippen molar-refractivity contribution in [3.63, 3.8) is 0 Å². The molecule has 0 heterocycles. The molecule has 0 fully saturated rings. The first-order valence-electron chi connectivity index (χ1n) is 5.64. The number of rotatable bonds is 4. The van der Waals surface area contributed by atoms with Gasteiger partial charge in [-0.15, -0.1) is 0 Å². The summed E-state index contributed by atoms with van der Waals surface area (Å²) in [6, 6.07) is 5.88. The quantitative estimate of drug-likeness (QED) is 0.874. The zero-order valence-electron chi connectivity index (χ0n) is 10.5. The number of anilines is 1. The van der Waals surface area contributed by atoms with Crippen LogP contribution in [-0.2, 0) is 6.54 Å². The van der Waals surface area contributed by atoms with E-state index >= 15 is 0 Å². The summed E-state index contributed by atoms with van der Waals surface area (Å²) in [6.45, 7) is 7.15. The van der Waals surface area contributed by atoms with Gasteiger partial charge in [-0.2, -0.15) is 0 Å². The first-order valence-corrected chi connectivity index (χ1v) is 6.02. The van der Waals surface area contributed by atoms with Crippen LogP contribution in [0.1, 0.15) is 32.8 Å². The summed E-state index contributed by atoms with van der Waals surface area (Å²) in [4.78, 5) is 2.25. The van der Waals surface area contributed by atoms with Crippen molar-refractivity contribution in [2.75, 3.05) is 11.9 Å². The molecule has 0 aliphatic carbocycles. The molecule has 0 radical (unpaired) electrons. The van der Waals surface area contributed by atoms with Gasteiger partial charge in [0.25, 0.3) is 0 Å². The van der Waals surface area contributed by atoms with E-state index in [0.717, 1.165) is 22.7 Å². The Labute approximate surface area is 103 Å². The highest BCUT2D eigenvalue weighted by molar-refractivity contribution is 6.30. The number of benzene rings is 1. The Morgan fingerprint density at radius 2 is 2.00 bits per heavy atom. The second-order valence-electron chi connectivity index (χ2n) is 4.70. The van der Waals surface area contributed by atoms with Crippen molar-refractivity contribution in [3.05, 3.63) is 28.8 Å². The highest BCUT2D eigenvalue weighted by Crippen LogP contribution is 2.30. The Balaban J connectivity index is 3.16. The Morgan fingerprint density at radius 1 is 1.38 bits per heavy atom. The fourth-order valence-electron chi connectivity index (χ4n) is 1.59. The minimum Gasteiger partial charge on any atom is -0.369 e. The van der Waals surface area contributed by atoms with E-state index < -0.39 is 0 Å². The summed E-state index contributed by atoms with van der Waals surface area (Å²) in [7, 11) is 2.09. The number of hydrogen-bond donors (Lipinski definition) is 1. The fraction of sp³-hybridized carbons (Fsp3) is 0.538. The molecule has 0 aliphatic heterocycles. The van der Waals surface area contributed by atoms with Crippen LogP contribution in [0.15, 0.2) is 18.2 Å². The average Bonchev–Trinajstić information content (AvgIpc) is 2.28. The largest absolute Gasteiger partial charge is 0.369 e. The van der Waals surface area contributed by atoms with Crippen molar-refractivity contribution in [1.82, 2.24) is 0 Å². The second kappa shape index (κ2) is 5.07. The second-order valence-corrected chi connectivity index (χ2v) is 5.14. The molecule has 1 rings (SSSR count). The van der Waals surface area contributed by atoms with Crippen LogP contribution in [0.3, 0.4) is 0 Å². The molecular formula is C13H21ClN2. The Morgan fingerprint density at radius 3 is 2.50 bits per heavy atom. The van der Waals surface area contributed by atoms with Gasteiger partial charge in [0.1, 0.15) is 0 Å². The van der Waals surface area contributed by atoms with Gasteiger partial charge in [0, 0.05) is 29.8 Å². The van der Waals surface area contributed by atoms with E-state index in [-0.39, 0.29) is 5.54 Å². The van der Waals surface area contributed by atoms with Crippen LogP contribution in [0.4, 0.5) is 5.69 Å². The lowest BCUT2D eigenvalue weighted by Gasteiger charge is -2.38. The first kappa shape index (κ1) is 13.3. The van der Waals surface area contributed by atoms with E-state index in [0.29, 0.717) is 6.54 Å². The summed E-state index contributed by atoms with van der Waals surface area (Å²) in [5.41, 5.74) is 8.12. The van der Waals surface area contributed by atoms with Gasteiger partial charge in [0.05, 0.1) is 0 Å². The van der Waals surface area contributed by atoms with Gasteiger partial charge in [0.15, 0.2) is 0 Å². The topological polar surface area (TPSA) is 29.3 Å². The first-order chi connectivity index (χ1) is 7.42. The molecule has 1 aromatic rings. The highest BCUT2D eigenvalue weighted by Gasteiger charge is 2.23. The predicted octanol–water partition coefficient (Wildman–Crippen LogP) is 3.42. The fourth-order valence-corrected chi connectivity index (χ4v) is 1.75. The summed E-state index contributed by atoms with van der Waals surface area (Å²) >= 11 is 6.04. The molecule has 0 aliphatic rings. The molecule has 2 N–H and O–H groups in total. The molecule has 90 valence electrons. The van der Waals surface area contributed by atoms with E-state index in [4.69, 9.17) is 17.3 Å². The monoisotopic (exact) mass is 240 g/mol. The highest BCUT2D eigenvalue weighted by atomic mass is 35.5. The third-order valence-corrected chi connectivity index (χ3v) is 3.64. The minimum absolute atomic E-state index is 0.106.